The molecule has 0 bridgehead atoms. The summed E-state index contributed by atoms with van der Waals surface area (Å²) in [5, 5.41) is 13.9. The van der Waals surface area contributed by atoms with Crippen LogP contribution in [0.4, 0.5) is 0 Å². The lowest BCUT2D eigenvalue weighted by molar-refractivity contribution is 0.839. The summed E-state index contributed by atoms with van der Waals surface area (Å²) in [6.07, 6.45) is 9.03. The first-order valence-corrected chi connectivity index (χ1v) is 19.1. The molecule has 0 fully saturated rings. The summed E-state index contributed by atoms with van der Waals surface area (Å²) in [5.41, 5.74) is 5.72. The molecule has 7 aromatic carbocycles. The first kappa shape index (κ1) is 28.0. The molecule has 0 radical (unpaired) electrons. The van der Waals surface area contributed by atoms with Crippen molar-refractivity contribution >= 4 is 97.4 Å². The number of hydrogen-bond acceptors (Lipinski definition) is 4. The van der Waals surface area contributed by atoms with Crippen LogP contribution >= 0.6 is 23.1 Å². The Balaban J connectivity index is 1.27. The number of allylic oxidation sites excluding steroid dienone is 3. The SMILES string of the molecule is C1=CC2Sc3nc(-n4c5ccccc5c5c6ccccc6c6c7ccccc7sc6c54)nc(-c4cc5ccccc5c5ccccc45)c3C2C=C1. The molecule has 3 nitrogen and oxygen atoms in total. The van der Waals surface area contributed by atoms with Gasteiger partial charge in [-0.15, -0.1) is 11.3 Å². The van der Waals surface area contributed by atoms with Gasteiger partial charge in [0.2, 0.25) is 5.95 Å². The zero-order valence-electron chi connectivity index (χ0n) is 27.2. The summed E-state index contributed by atoms with van der Waals surface area (Å²) in [5.74, 6) is 0.931. The van der Waals surface area contributed by atoms with E-state index in [9.17, 15) is 0 Å². The lowest BCUT2D eigenvalue weighted by atomic mass is 9.88. The number of hydrogen-bond donors (Lipinski definition) is 0. The first-order valence-electron chi connectivity index (χ1n) is 17.4. The van der Waals surface area contributed by atoms with Crippen molar-refractivity contribution in [2.24, 2.45) is 0 Å². The summed E-state index contributed by atoms with van der Waals surface area (Å²) in [4.78, 5) is 11.3. The van der Waals surface area contributed by atoms with Crippen molar-refractivity contribution in [3.63, 3.8) is 0 Å². The minimum absolute atomic E-state index is 0.209. The number of thiophene rings is 1. The van der Waals surface area contributed by atoms with Crippen LogP contribution in [0.25, 0.3) is 91.5 Å². The first-order chi connectivity index (χ1) is 25.3. The van der Waals surface area contributed by atoms with E-state index in [0.29, 0.717) is 0 Å². The summed E-state index contributed by atoms with van der Waals surface area (Å²) in [7, 11) is 0. The number of nitrogens with zero attached hydrogens (tertiary/aromatic N) is 3. The molecule has 2 aliphatic rings. The van der Waals surface area contributed by atoms with Crippen LogP contribution in [-0.2, 0) is 0 Å². The highest BCUT2D eigenvalue weighted by Gasteiger charge is 2.37. The van der Waals surface area contributed by atoms with Crippen LogP contribution in [0.5, 0.6) is 0 Å². The zero-order valence-corrected chi connectivity index (χ0v) is 28.9. The second kappa shape index (κ2) is 10.4. The normalized spacial score (nSPS) is 16.8. The maximum absolute atomic E-state index is 5.73. The lowest BCUT2D eigenvalue weighted by Crippen LogP contribution is -2.10. The predicted molar refractivity (Wildman–Crippen MR) is 218 cm³/mol. The van der Waals surface area contributed by atoms with E-state index in [-0.39, 0.29) is 11.2 Å². The van der Waals surface area contributed by atoms with Crippen molar-refractivity contribution in [1.82, 2.24) is 14.5 Å². The summed E-state index contributed by atoms with van der Waals surface area (Å²) >= 11 is 3.75. The summed E-state index contributed by atoms with van der Waals surface area (Å²) < 4.78 is 4.93. The van der Waals surface area contributed by atoms with Crippen LogP contribution in [0.15, 0.2) is 157 Å². The second-order valence-electron chi connectivity index (χ2n) is 13.6. The van der Waals surface area contributed by atoms with E-state index in [1.807, 2.05) is 23.1 Å². The Hall–Kier alpha value is -5.75. The van der Waals surface area contributed by atoms with Crippen LogP contribution in [0.1, 0.15) is 11.5 Å². The number of fused-ring (bicyclic) bond motifs is 16. The van der Waals surface area contributed by atoms with Crippen LogP contribution in [0, 0.1) is 0 Å². The van der Waals surface area contributed by atoms with Gasteiger partial charge in [-0.25, -0.2) is 9.97 Å². The predicted octanol–water partition coefficient (Wildman–Crippen LogP) is 12.8. The summed E-state index contributed by atoms with van der Waals surface area (Å²) in [6.45, 7) is 0. The number of rotatable bonds is 2. The Morgan fingerprint density at radius 1 is 0.569 bits per heavy atom. The van der Waals surface area contributed by atoms with E-state index < -0.39 is 0 Å². The van der Waals surface area contributed by atoms with E-state index in [1.54, 1.807) is 0 Å². The molecule has 51 heavy (non-hydrogen) atoms. The van der Waals surface area contributed by atoms with E-state index in [0.717, 1.165) is 27.7 Å². The molecule has 1 aliphatic heterocycles. The van der Waals surface area contributed by atoms with Crippen molar-refractivity contribution in [2.45, 2.75) is 16.2 Å². The van der Waals surface area contributed by atoms with Crippen molar-refractivity contribution in [3.8, 4) is 17.2 Å². The number of benzene rings is 7. The van der Waals surface area contributed by atoms with Gasteiger partial charge in [-0.3, -0.25) is 4.57 Å². The number of para-hydroxylation sites is 1. The Morgan fingerprint density at radius 3 is 2.10 bits per heavy atom. The maximum atomic E-state index is 5.73. The van der Waals surface area contributed by atoms with E-state index >= 15 is 0 Å². The fourth-order valence-electron chi connectivity index (χ4n) is 8.81. The van der Waals surface area contributed by atoms with Gasteiger partial charge < -0.3 is 0 Å². The topological polar surface area (TPSA) is 30.7 Å². The highest BCUT2D eigenvalue weighted by molar-refractivity contribution is 8.00. The number of aromatic nitrogens is 3. The largest absolute Gasteiger partial charge is 0.276 e. The fourth-order valence-corrected chi connectivity index (χ4v) is 11.4. The smallest absolute Gasteiger partial charge is 0.236 e. The molecule has 5 heteroatoms. The van der Waals surface area contributed by atoms with Gasteiger partial charge in [0.15, 0.2) is 0 Å². The quantitative estimate of drug-likeness (QED) is 0.134. The second-order valence-corrected chi connectivity index (χ2v) is 15.8. The standard InChI is InChI=1S/C46H27N3S2/c1-2-14-27-26(13-1)25-35(29-16-4-3-15-28(27)29)42-41-34-21-9-12-24-38(34)51-45(41)48-46(47-42)49-36-22-10-7-19-32(36)39-30-17-5-6-18-31(30)40-33-20-8-11-23-37(33)50-44(40)43(39)49/h1-25,34,38H. The Kier molecular flexibility index (Phi) is 5.71. The molecule has 10 aromatic rings. The van der Waals surface area contributed by atoms with Crippen molar-refractivity contribution in [2.75, 3.05) is 0 Å². The molecule has 1 aliphatic carbocycles. The lowest BCUT2D eigenvalue weighted by Gasteiger charge is -2.19. The molecular formula is C46H27N3S2. The van der Waals surface area contributed by atoms with Crippen LogP contribution in [0.3, 0.4) is 0 Å². The van der Waals surface area contributed by atoms with Gasteiger partial charge in [0.25, 0.3) is 0 Å². The molecule has 2 unspecified atom stereocenters. The molecule has 12 rings (SSSR count). The molecule has 0 N–H and O–H groups in total. The molecule has 238 valence electrons. The molecule has 0 amide bonds. The molecule has 0 saturated carbocycles. The van der Waals surface area contributed by atoms with Crippen LogP contribution in [0.2, 0.25) is 0 Å². The molecule has 2 atom stereocenters. The highest BCUT2D eigenvalue weighted by Crippen LogP contribution is 2.53. The van der Waals surface area contributed by atoms with Crippen molar-refractivity contribution in [1.29, 1.82) is 0 Å². The van der Waals surface area contributed by atoms with Crippen molar-refractivity contribution in [3.05, 3.63) is 157 Å². The Bertz CT molecular complexity index is 3200. The molecule has 0 spiro atoms. The zero-order chi connectivity index (χ0) is 33.2. The third-order valence-corrected chi connectivity index (χ3v) is 13.4. The van der Waals surface area contributed by atoms with Gasteiger partial charge in [-0.05, 0) is 50.5 Å². The third-order valence-electron chi connectivity index (χ3n) is 10.9. The van der Waals surface area contributed by atoms with Crippen LogP contribution < -0.4 is 0 Å². The van der Waals surface area contributed by atoms with Gasteiger partial charge in [0.05, 0.1) is 21.4 Å². The molecule has 4 heterocycles. The van der Waals surface area contributed by atoms with Gasteiger partial charge in [0, 0.05) is 48.5 Å². The van der Waals surface area contributed by atoms with Crippen LogP contribution in [-0.4, -0.2) is 19.8 Å². The summed E-state index contributed by atoms with van der Waals surface area (Å²) in [6, 6.07) is 46.4. The van der Waals surface area contributed by atoms with Gasteiger partial charge in [-0.1, -0.05) is 145 Å². The minimum atomic E-state index is 0.209. The third kappa shape index (κ3) is 3.80. The van der Waals surface area contributed by atoms with E-state index in [1.165, 1.54) is 74.3 Å². The Labute approximate surface area is 301 Å². The van der Waals surface area contributed by atoms with Gasteiger partial charge in [0.1, 0.15) is 5.03 Å². The van der Waals surface area contributed by atoms with E-state index in [2.05, 4.69) is 156 Å². The number of thioether (sulfide) groups is 1. The van der Waals surface area contributed by atoms with Gasteiger partial charge in [-0.2, -0.15) is 0 Å². The highest BCUT2D eigenvalue weighted by atomic mass is 32.2. The fraction of sp³-hybridized carbons (Fsp3) is 0.0435. The monoisotopic (exact) mass is 685 g/mol. The molecular weight excluding hydrogens is 659 g/mol. The average molecular weight is 686 g/mol. The van der Waals surface area contributed by atoms with Gasteiger partial charge >= 0.3 is 0 Å². The molecule has 0 saturated heterocycles. The molecule has 3 aromatic heterocycles. The minimum Gasteiger partial charge on any atom is -0.276 e. The van der Waals surface area contributed by atoms with Crippen molar-refractivity contribution < 1.29 is 0 Å². The Morgan fingerprint density at radius 2 is 1.24 bits per heavy atom. The maximum Gasteiger partial charge on any atom is 0.236 e. The average Bonchev–Trinajstić information content (AvgIpc) is 3.87. The van der Waals surface area contributed by atoms with E-state index in [4.69, 9.17) is 9.97 Å².